The summed E-state index contributed by atoms with van der Waals surface area (Å²) in [6.45, 7) is 3.60. The Balaban J connectivity index is 2.70. The summed E-state index contributed by atoms with van der Waals surface area (Å²) in [6, 6.07) is 7.26. The maximum atomic E-state index is 11.7. The second-order valence-corrected chi connectivity index (χ2v) is 4.09. The monoisotopic (exact) mass is 257 g/mol. The number of benzene rings is 1. The number of nitrogens with one attached hydrogen (secondary N) is 1. The number of nitrogens with two attached hydrogens (primary N) is 2. The molecule has 19 heavy (non-hydrogen) atoms. The summed E-state index contributed by atoms with van der Waals surface area (Å²) in [5.74, 6) is -0.227. The van der Waals surface area contributed by atoms with E-state index >= 15 is 0 Å². The highest BCUT2D eigenvalue weighted by atomic mass is 16.1. The number of carbonyl (C=O) groups excluding carboxylic acids is 1. The number of hydrogen-bond acceptors (Lipinski definition) is 3. The Labute approximate surface area is 113 Å². The summed E-state index contributed by atoms with van der Waals surface area (Å²) < 4.78 is 0. The van der Waals surface area contributed by atoms with Crippen LogP contribution in [0.4, 0.5) is 5.69 Å². The molecule has 1 aromatic carbocycles. The molecule has 0 spiro atoms. The molecule has 5 N–H and O–H groups in total. The van der Waals surface area contributed by atoms with E-state index in [1.165, 1.54) is 6.08 Å². The van der Waals surface area contributed by atoms with Gasteiger partial charge in [-0.15, -0.1) is 0 Å². The zero-order chi connectivity index (χ0) is 14.3. The number of carbonyl (C=O) groups is 1. The quantitative estimate of drug-likeness (QED) is 0.439. The van der Waals surface area contributed by atoms with Crippen molar-refractivity contribution in [3.8, 4) is 0 Å². The number of hydrogen-bond donors (Lipinski definition) is 3. The number of nitrogen functional groups attached to an aromatic ring is 1. The maximum Gasteiger partial charge on any atom is 0.248 e. The van der Waals surface area contributed by atoms with Crippen LogP contribution in [0.3, 0.4) is 0 Å². The van der Waals surface area contributed by atoms with Crippen LogP contribution in [0, 0.1) is 0 Å². The van der Waals surface area contributed by atoms with Gasteiger partial charge in [0.1, 0.15) is 0 Å². The largest absolute Gasteiger partial charge is 0.401 e. The standard InChI is InChI=1S/C15H19N3O/c1-3-4-14(11(2)16)18-15(19)10-7-12-5-8-13(17)9-6-12/h3-10H,16-17H2,1-2H3,(H,18,19)/b4-3-,10-7+,14-11-. The Kier molecular flexibility index (Phi) is 5.41. The third-order valence-electron chi connectivity index (χ3n) is 2.38. The molecular formula is C15H19N3O. The Morgan fingerprint density at radius 1 is 1.21 bits per heavy atom. The molecule has 0 aliphatic carbocycles. The average molecular weight is 257 g/mol. The highest BCUT2D eigenvalue weighted by Crippen LogP contribution is 2.07. The van der Waals surface area contributed by atoms with Crippen LogP contribution in [0.5, 0.6) is 0 Å². The van der Waals surface area contributed by atoms with Gasteiger partial charge in [0.05, 0.1) is 5.70 Å². The normalized spacial score (nSPS) is 12.7. The fourth-order valence-corrected chi connectivity index (χ4v) is 1.39. The predicted molar refractivity (Wildman–Crippen MR) is 79.7 cm³/mol. The second kappa shape index (κ2) is 7.06. The van der Waals surface area contributed by atoms with Gasteiger partial charge in [-0.2, -0.15) is 0 Å². The fourth-order valence-electron chi connectivity index (χ4n) is 1.39. The van der Waals surface area contributed by atoms with E-state index in [1.54, 1.807) is 31.2 Å². The van der Waals surface area contributed by atoms with Gasteiger partial charge >= 0.3 is 0 Å². The Morgan fingerprint density at radius 2 is 1.84 bits per heavy atom. The lowest BCUT2D eigenvalue weighted by Gasteiger charge is -2.05. The molecule has 1 aromatic rings. The average Bonchev–Trinajstić information content (AvgIpc) is 2.37. The van der Waals surface area contributed by atoms with Crippen molar-refractivity contribution in [1.29, 1.82) is 0 Å². The van der Waals surface area contributed by atoms with Crippen molar-refractivity contribution in [1.82, 2.24) is 5.32 Å². The molecule has 0 unspecified atom stereocenters. The van der Waals surface area contributed by atoms with Gasteiger partial charge in [-0.25, -0.2) is 0 Å². The lowest BCUT2D eigenvalue weighted by molar-refractivity contribution is -0.115. The minimum Gasteiger partial charge on any atom is -0.401 e. The van der Waals surface area contributed by atoms with Crippen LogP contribution in [0.2, 0.25) is 0 Å². The van der Waals surface area contributed by atoms with Crippen LogP contribution in [0.15, 0.2) is 53.9 Å². The molecule has 0 aliphatic heterocycles. The Morgan fingerprint density at radius 3 is 2.37 bits per heavy atom. The molecule has 1 rings (SSSR count). The van der Waals surface area contributed by atoms with E-state index in [1.807, 2.05) is 25.1 Å². The molecule has 0 aromatic heterocycles. The summed E-state index contributed by atoms with van der Waals surface area (Å²) in [7, 11) is 0. The lowest BCUT2D eigenvalue weighted by atomic mass is 10.2. The smallest absolute Gasteiger partial charge is 0.248 e. The molecule has 0 atom stereocenters. The molecule has 4 heteroatoms. The molecule has 0 bridgehead atoms. The molecule has 0 saturated carbocycles. The van der Waals surface area contributed by atoms with Crippen LogP contribution in [0.25, 0.3) is 6.08 Å². The van der Waals surface area contributed by atoms with Crippen LogP contribution < -0.4 is 16.8 Å². The van der Waals surface area contributed by atoms with Gasteiger partial charge in [0.25, 0.3) is 0 Å². The van der Waals surface area contributed by atoms with Crippen molar-refractivity contribution >= 4 is 17.7 Å². The molecule has 100 valence electrons. The van der Waals surface area contributed by atoms with E-state index in [9.17, 15) is 4.79 Å². The van der Waals surface area contributed by atoms with Crippen LogP contribution >= 0.6 is 0 Å². The molecule has 0 heterocycles. The van der Waals surface area contributed by atoms with E-state index in [-0.39, 0.29) is 5.91 Å². The number of anilines is 1. The number of allylic oxidation sites excluding steroid dienone is 3. The lowest BCUT2D eigenvalue weighted by Crippen LogP contribution is -2.22. The van der Waals surface area contributed by atoms with Crippen LogP contribution in [-0.2, 0) is 4.79 Å². The number of amides is 1. The SMILES string of the molecule is C/C=C\C(NC(=O)/C=C/c1ccc(N)cc1)=C(/C)N. The minimum atomic E-state index is -0.227. The summed E-state index contributed by atoms with van der Waals surface area (Å²) in [4.78, 5) is 11.7. The van der Waals surface area contributed by atoms with Crippen molar-refractivity contribution in [3.05, 3.63) is 59.5 Å². The van der Waals surface area contributed by atoms with E-state index in [0.29, 0.717) is 17.1 Å². The first-order chi connectivity index (χ1) is 9.02. The van der Waals surface area contributed by atoms with Crippen molar-refractivity contribution in [2.24, 2.45) is 5.73 Å². The third kappa shape index (κ3) is 5.12. The van der Waals surface area contributed by atoms with Crippen molar-refractivity contribution < 1.29 is 4.79 Å². The molecular weight excluding hydrogens is 238 g/mol. The van der Waals surface area contributed by atoms with Gasteiger partial charge < -0.3 is 16.8 Å². The molecule has 1 amide bonds. The third-order valence-corrected chi connectivity index (χ3v) is 2.38. The Bertz CT molecular complexity index is 521. The maximum absolute atomic E-state index is 11.7. The van der Waals surface area contributed by atoms with Gasteiger partial charge in [-0.3, -0.25) is 4.79 Å². The zero-order valence-electron chi connectivity index (χ0n) is 11.2. The summed E-state index contributed by atoms with van der Waals surface area (Å²) in [5.41, 5.74) is 14.0. The van der Waals surface area contributed by atoms with E-state index in [4.69, 9.17) is 11.5 Å². The summed E-state index contributed by atoms with van der Waals surface area (Å²) >= 11 is 0. The highest BCUT2D eigenvalue weighted by molar-refractivity contribution is 5.93. The summed E-state index contributed by atoms with van der Waals surface area (Å²) in [5, 5.41) is 2.72. The first-order valence-electron chi connectivity index (χ1n) is 5.96. The van der Waals surface area contributed by atoms with Gasteiger partial charge in [0.15, 0.2) is 0 Å². The zero-order valence-corrected chi connectivity index (χ0v) is 11.2. The highest BCUT2D eigenvalue weighted by Gasteiger charge is 2.00. The first-order valence-corrected chi connectivity index (χ1v) is 5.96. The van der Waals surface area contributed by atoms with E-state index < -0.39 is 0 Å². The number of rotatable bonds is 4. The van der Waals surface area contributed by atoms with Gasteiger partial charge in [0, 0.05) is 17.5 Å². The first kappa shape index (κ1) is 14.6. The molecule has 0 aliphatic rings. The molecule has 0 radical (unpaired) electrons. The van der Waals surface area contributed by atoms with Gasteiger partial charge in [-0.1, -0.05) is 18.2 Å². The molecule has 0 saturated heterocycles. The molecule has 0 fully saturated rings. The Hall–Kier alpha value is -2.49. The van der Waals surface area contributed by atoms with Crippen molar-refractivity contribution in [3.63, 3.8) is 0 Å². The topological polar surface area (TPSA) is 81.1 Å². The molecule has 4 nitrogen and oxygen atoms in total. The van der Waals surface area contributed by atoms with Crippen LogP contribution in [0.1, 0.15) is 19.4 Å². The minimum absolute atomic E-state index is 0.227. The van der Waals surface area contributed by atoms with E-state index in [2.05, 4.69) is 5.32 Å². The van der Waals surface area contributed by atoms with Crippen molar-refractivity contribution in [2.45, 2.75) is 13.8 Å². The van der Waals surface area contributed by atoms with E-state index in [0.717, 1.165) is 5.56 Å². The van der Waals surface area contributed by atoms with Gasteiger partial charge in [0.2, 0.25) is 5.91 Å². The second-order valence-electron chi connectivity index (χ2n) is 4.09. The fraction of sp³-hybridized carbons (Fsp3) is 0.133. The summed E-state index contributed by atoms with van der Waals surface area (Å²) in [6.07, 6.45) is 6.74. The van der Waals surface area contributed by atoms with Gasteiger partial charge in [-0.05, 0) is 43.7 Å². The predicted octanol–water partition coefficient (Wildman–Crippen LogP) is 2.16. The van der Waals surface area contributed by atoms with Crippen LogP contribution in [-0.4, -0.2) is 5.91 Å². The van der Waals surface area contributed by atoms with Crippen molar-refractivity contribution in [2.75, 3.05) is 5.73 Å².